The van der Waals surface area contributed by atoms with E-state index < -0.39 is 47.3 Å². The van der Waals surface area contributed by atoms with Crippen LogP contribution in [0.4, 0.5) is 26.3 Å². The second kappa shape index (κ2) is 10.8. The zero-order valence-electron chi connectivity index (χ0n) is 20.2. The van der Waals surface area contributed by atoms with E-state index in [0.29, 0.717) is 30.0 Å². The highest BCUT2D eigenvalue weighted by atomic mass is 19.4. The van der Waals surface area contributed by atoms with Gasteiger partial charge in [-0.15, -0.1) is 0 Å². The molecule has 2 heterocycles. The molecule has 2 aromatic rings. The monoisotopic (exact) mass is 525 g/mol. The second-order valence-electron chi connectivity index (χ2n) is 8.73. The summed E-state index contributed by atoms with van der Waals surface area (Å²) in [6.07, 6.45) is -3.11. The first-order chi connectivity index (χ1) is 17.2. The Labute approximate surface area is 209 Å². The number of aliphatic imine (C=N–C) groups is 1. The number of alkyl halides is 6. The number of rotatable bonds is 5. The molecule has 3 atom stereocenters. The first kappa shape index (κ1) is 27.9. The van der Waals surface area contributed by atoms with Gasteiger partial charge in [0.05, 0.1) is 24.3 Å². The standard InChI is InChI=1S/C26H25F6N3O2/c1-14-5-4-6-16(11-21(24(33)36)17-7-8-22(37-3)34-13-17)15(2)35-23(14)18-9-19(25(27,28)29)12-20(10-18)26(30,31)32/h4,6-16H,5H2,1-3H3,(H2,33,36). The first-order valence-corrected chi connectivity index (χ1v) is 11.3. The zero-order valence-corrected chi connectivity index (χ0v) is 20.2. The van der Waals surface area contributed by atoms with E-state index in [-0.39, 0.29) is 22.9 Å². The van der Waals surface area contributed by atoms with Gasteiger partial charge >= 0.3 is 12.4 Å². The van der Waals surface area contributed by atoms with E-state index in [1.807, 2.05) is 0 Å². The van der Waals surface area contributed by atoms with Crippen LogP contribution >= 0.6 is 0 Å². The van der Waals surface area contributed by atoms with Crippen LogP contribution in [0.1, 0.15) is 42.5 Å². The predicted molar refractivity (Wildman–Crippen MR) is 127 cm³/mol. The van der Waals surface area contributed by atoms with Crippen LogP contribution in [0.5, 0.6) is 5.88 Å². The summed E-state index contributed by atoms with van der Waals surface area (Å²) >= 11 is 0. The average molecular weight is 525 g/mol. The lowest BCUT2D eigenvalue weighted by Gasteiger charge is -2.24. The van der Waals surface area contributed by atoms with Crippen molar-refractivity contribution in [3.8, 4) is 5.88 Å². The van der Waals surface area contributed by atoms with Crippen molar-refractivity contribution >= 4 is 17.2 Å². The summed E-state index contributed by atoms with van der Waals surface area (Å²) in [5, 5.41) is 0. The molecule has 0 saturated heterocycles. The zero-order chi connectivity index (χ0) is 27.5. The average Bonchev–Trinajstić information content (AvgIpc) is 2.82. The van der Waals surface area contributed by atoms with Gasteiger partial charge in [-0.25, -0.2) is 4.98 Å². The topological polar surface area (TPSA) is 77.6 Å². The summed E-state index contributed by atoms with van der Waals surface area (Å²) in [4.78, 5) is 20.8. The molecule has 5 nitrogen and oxygen atoms in total. The van der Waals surface area contributed by atoms with Gasteiger partial charge in [0.15, 0.2) is 0 Å². The molecule has 198 valence electrons. The number of primary amides is 1. The number of nitrogens with zero attached hydrogens (tertiary/aromatic N) is 2. The molecule has 1 amide bonds. The third-order valence-corrected chi connectivity index (χ3v) is 5.98. The van der Waals surface area contributed by atoms with E-state index in [2.05, 4.69) is 9.98 Å². The Kier molecular flexibility index (Phi) is 8.14. The predicted octanol–water partition coefficient (Wildman–Crippen LogP) is 6.09. The maximum Gasteiger partial charge on any atom is 0.416 e. The summed E-state index contributed by atoms with van der Waals surface area (Å²) in [7, 11) is 1.44. The SMILES string of the molecule is COc1ccc(C(=CC2C=CCC(C)C(c3cc(C(F)(F)F)cc(C(F)(F)F)c3)=NC2C)C(N)=O)cn1. The number of pyridine rings is 1. The number of ether oxygens (including phenoxy) is 1. The molecule has 1 aliphatic heterocycles. The van der Waals surface area contributed by atoms with Crippen LogP contribution < -0.4 is 10.5 Å². The van der Waals surface area contributed by atoms with Crippen LogP contribution in [0.2, 0.25) is 0 Å². The number of hydrogen-bond acceptors (Lipinski definition) is 4. The lowest BCUT2D eigenvalue weighted by Crippen LogP contribution is -2.23. The lowest BCUT2D eigenvalue weighted by atomic mass is 9.88. The van der Waals surface area contributed by atoms with E-state index in [4.69, 9.17) is 10.5 Å². The number of benzene rings is 1. The molecule has 3 rings (SSSR count). The molecule has 0 fully saturated rings. The van der Waals surface area contributed by atoms with Gasteiger partial charge < -0.3 is 10.5 Å². The van der Waals surface area contributed by atoms with Gasteiger partial charge in [-0.1, -0.05) is 25.2 Å². The van der Waals surface area contributed by atoms with E-state index >= 15 is 0 Å². The quantitative estimate of drug-likeness (QED) is 0.292. The fraction of sp³-hybridized carbons (Fsp3) is 0.346. The van der Waals surface area contributed by atoms with Crippen LogP contribution in [-0.4, -0.2) is 29.8 Å². The Hall–Kier alpha value is -3.63. The van der Waals surface area contributed by atoms with Gasteiger partial charge in [-0.2, -0.15) is 26.3 Å². The summed E-state index contributed by atoms with van der Waals surface area (Å²) in [5.74, 6) is -1.40. The van der Waals surface area contributed by atoms with Gasteiger partial charge in [0.25, 0.3) is 0 Å². The van der Waals surface area contributed by atoms with Crippen molar-refractivity contribution in [1.82, 2.24) is 4.98 Å². The van der Waals surface area contributed by atoms with Gasteiger partial charge in [0.1, 0.15) is 0 Å². The number of aromatic nitrogens is 1. The molecule has 37 heavy (non-hydrogen) atoms. The summed E-state index contributed by atoms with van der Waals surface area (Å²) in [6.45, 7) is 3.34. The Morgan fingerprint density at radius 3 is 2.16 bits per heavy atom. The minimum absolute atomic E-state index is 0.0918. The Bertz CT molecular complexity index is 1200. The van der Waals surface area contributed by atoms with Crippen molar-refractivity contribution < 1.29 is 35.9 Å². The Morgan fingerprint density at radius 1 is 1.05 bits per heavy atom. The number of hydrogen-bond donors (Lipinski definition) is 1. The highest BCUT2D eigenvalue weighted by Crippen LogP contribution is 2.37. The number of carbonyl (C=O) groups is 1. The maximum absolute atomic E-state index is 13.4. The Balaban J connectivity index is 2.09. The largest absolute Gasteiger partial charge is 0.481 e. The molecule has 1 aliphatic rings. The molecular formula is C26H25F6N3O2. The molecule has 11 heteroatoms. The van der Waals surface area contributed by atoms with Crippen molar-refractivity contribution in [3.05, 3.63) is 77.0 Å². The number of allylic oxidation sites excluding steroid dienone is 1. The normalized spacial score (nSPS) is 21.2. The fourth-order valence-corrected chi connectivity index (χ4v) is 3.98. The van der Waals surface area contributed by atoms with Crippen LogP contribution in [0.3, 0.4) is 0 Å². The summed E-state index contributed by atoms with van der Waals surface area (Å²) < 4.78 is 85.6. The van der Waals surface area contributed by atoms with E-state index in [1.54, 1.807) is 44.2 Å². The van der Waals surface area contributed by atoms with Crippen LogP contribution in [-0.2, 0) is 17.1 Å². The molecule has 0 aliphatic carbocycles. The molecule has 0 bridgehead atoms. The minimum Gasteiger partial charge on any atom is -0.481 e. The number of amides is 1. The second-order valence-corrected chi connectivity index (χ2v) is 8.73. The molecule has 0 radical (unpaired) electrons. The van der Waals surface area contributed by atoms with Crippen molar-refractivity contribution in [2.75, 3.05) is 7.11 Å². The van der Waals surface area contributed by atoms with Gasteiger partial charge in [-0.3, -0.25) is 9.79 Å². The van der Waals surface area contributed by atoms with Crippen LogP contribution in [0.15, 0.2) is 59.7 Å². The van der Waals surface area contributed by atoms with Crippen molar-refractivity contribution in [2.45, 2.75) is 38.7 Å². The van der Waals surface area contributed by atoms with Gasteiger partial charge in [-0.05, 0) is 43.2 Å². The Morgan fingerprint density at radius 2 is 1.68 bits per heavy atom. The van der Waals surface area contributed by atoms with Crippen molar-refractivity contribution in [3.63, 3.8) is 0 Å². The third-order valence-electron chi connectivity index (χ3n) is 5.98. The number of nitrogens with two attached hydrogens (primary N) is 1. The molecule has 1 aromatic heterocycles. The highest BCUT2D eigenvalue weighted by Gasteiger charge is 2.37. The minimum atomic E-state index is -4.97. The van der Waals surface area contributed by atoms with Crippen molar-refractivity contribution in [2.24, 2.45) is 22.6 Å². The molecule has 1 aromatic carbocycles. The van der Waals surface area contributed by atoms with E-state index in [0.717, 1.165) is 0 Å². The fourth-order valence-electron chi connectivity index (χ4n) is 3.98. The van der Waals surface area contributed by atoms with Crippen LogP contribution in [0.25, 0.3) is 5.57 Å². The summed E-state index contributed by atoms with van der Waals surface area (Å²) in [5.41, 5.74) is 3.19. The maximum atomic E-state index is 13.4. The molecular weight excluding hydrogens is 500 g/mol. The molecule has 0 spiro atoms. The van der Waals surface area contributed by atoms with Crippen molar-refractivity contribution in [1.29, 1.82) is 0 Å². The lowest BCUT2D eigenvalue weighted by molar-refractivity contribution is -0.143. The van der Waals surface area contributed by atoms with E-state index in [1.165, 1.54) is 13.3 Å². The number of halogens is 6. The van der Waals surface area contributed by atoms with Gasteiger partial charge in [0.2, 0.25) is 11.8 Å². The third kappa shape index (κ3) is 6.78. The van der Waals surface area contributed by atoms with Gasteiger partial charge in [0, 0.05) is 40.9 Å². The van der Waals surface area contributed by atoms with E-state index in [9.17, 15) is 31.1 Å². The number of carbonyl (C=O) groups excluding carboxylic acids is 1. The molecule has 0 saturated carbocycles. The smallest absolute Gasteiger partial charge is 0.416 e. The summed E-state index contributed by atoms with van der Waals surface area (Å²) in [6, 6.07) is 3.97. The number of methoxy groups -OCH3 is 1. The van der Waals surface area contributed by atoms with Crippen LogP contribution in [0, 0.1) is 11.8 Å². The first-order valence-electron chi connectivity index (χ1n) is 11.3. The highest BCUT2D eigenvalue weighted by molar-refractivity contribution is 6.18. The molecule has 3 unspecified atom stereocenters. The molecule has 2 N–H and O–H groups in total.